The summed E-state index contributed by atoms with van der Waals surface area (Å²) < 4.78 is 18.9. The van der Waals surface area contributed by atoms with Gasteiger partial charge < -0.3 is 15.4 Å². The van der Waals surface area contributed by atoms with E-state index in [9.17, 15) is 9.18 Å². The number of hydrogen-bond donors (Lipinski definition) is 2. The van der Waals surface area contributed by atoms with Crippen LogP contribution in [-0.4, -0.2) is 30.0 Å². The molecule has 1 amide bonds. The van der Waals surface area contributed by atoms with Gasteiger partial charge in [0.2, 0.25) is 5.91 Å². The zero-order valence-electron chi connectivity index (χ0n) is 13.8. The van der Waals surface area contributed by atoms with Crippen molar-refractivity contribution >= 4 is 23.4 Å². The standard InChI is InChI=1S/C19H21FN2O2S/c20-15-4-1-3-14(9-15)12-24-18-6-2-5-16(10-18)22-19(23)11-17-13-25-8-7-21-17/h1-6,9-10,17,21H,7-8,11-13H2,(H,22,23). The van der Waals surface area contributed by atoms with Gasteiger partial charge in [-0.25, -0.2) is 4.39 Å². The fourth-order valence-electron chi connectivity index (χ4n) is 2.64. The maximum Gasteiger partial charge on any atom is 0.225 e. The Bertz CT molecular complexity index is 720. The van der Waals surface area contributed by atoms with Gasteiger partial charge in [0.05, 0.1) is 0 Å². The lowest BCUT2D eigenvalue weighted by Crippen LogP contribution is -2.39. The third kappa shape index (κ3) is 5.76. The molecule has 0 aliphatic carbocycles. The SMILES string of the molecule is O=C(CC1CSCCN1)Nc1cccc(OCc2cccc(F)c2)c1. The highest BCUT2D eigenvalue weighted by molar-refractivity contribution is 7.99. The molecule has 2 N–H and O–H groups in total. The third-order valence-electron chi connectivity index (χ3n) is 3.84. The fourth-order valence-corrected chi connectivity index (χ4v) is 3.59. The minimum atomic E-state index is -0.281. The van der Waals surface area contributed by atoms with Crippen LogP contribution in [0.5, 0.6) is 5.75 Å². The number of carbonyl (C=O) groups excluding carboxylic acids is 1. The molecule has 3 rings (SSSR count). The molecule has 0 radical (unpaired) electrons. The van der Waals surface area contributed by atoms with Crippen molar-refractivity contribution in [2.45, 2.75) is 19.1 Å². The maximum atomic E-state index is 13.2. The second-order valence-corrected chi connectivity index (χ2v) is 7.07. The van der Waals surface area contributed by atoms with Gasteiger partial charge in [-0.1, -0.05) is 18.2 Å². The summed E-state index contributed by atoms with van der Waals surface area (Å²) in [4.78, 5) is 12.2. The molecule has 0 spiro atoms. The second-order valence-electron chi connectivity index (χ2n) is 5.92. The topological polar surface area (TPSA) is 50.4 Å². The summed E-state index contributed by atoms with van der Waals surface area (Å²) in [5.41, 5.74) is 1.46. The van der Waals surface area contributed by atoms with Gasteiger partial charge in [0.1, 0.15) is 18.2 Å². The zero-order chi connectivity index (χ0) is 17.5. The van der Waals surface area contributed by atoms with Gasteiger partial charge >= 0.3 is 0 Å². The summed E-state index contributed by atoms with van der Waals surface area (Å²) in [6.45, 7) is 1.23. The van der Waals surface area contributed by atoms with E-state index in [1.807, 2.05) is 36.0 Å². The highest BCUT2D eigenvalue weighted by Gasteiger charge is 2.16. The minimum absolute atomic E-state index is 0.0118. The van der Waals surface area contributed by atoms with Crippen molar-refractivity contribution in [2.75, 3.05) is 23.4 Å². The summed E-state index contributed by atoms with van der Waals surface area (Å²) in [6.07, 6.45) is 0.460. The molecule has 1 atom stereocenters. The predicted octanol–water partition coefficient (Wildman–Crippen LogP) is 3.44. The largest absolute Gasteiger partial charge is 0.489 e. The van der Waals surface area contributed by atoms with E-state index in [4.69, 9.17) is 4.74 Å². The molecule has 1 unspecified atom stereocenters. The Balaban J connectivity index is 1.52. The quantitative estimate of drug-likeness (QED) is 0.829. The van der Waals surface area contributed by atoms with Crippen molar-refractivity contribution in [3.63, 3.8) is 0 Å². The molecule has 1 aliphatic rings. The number of carbonyl (C=O) groups is 1. The first kappa shape index (κ1) is 17.8. The number of amides is 1. The van der Waals surface area contributed by atoms with Crippen LogP contribution in [0.4, 0.5) is 10.1 Å². The van der Waals surface area contributed by atoms with E-state index in [1.54, 1.807) is 12.1 Å². The Hall–Kier alpha value is -2.05. The molecule has 0 aromatic heterocycles. The molecule has 4 nitrogen and oxygen atoms in total. The van der Waals surface area contributed by atoms with Gasteiger partial charge in [0.15, 0.2) is 0 Å². The Morgan fingerprint density at radius 3 is 2.96 bits per heavy atom. The first-order valence-electron chi connectivity index (χ1n) is 8.27. The summed E-state index contributed by atoms with van der Waals surface area (Å²) in [5, 5.41) is 6.26. The van der Waals surface area contributed by atoms with Crippen molar-refractivity contribution in [2.24, 2.45) is 0 Å². The summed E-state index contributed by atoms with van der Waals surface area (Å²) in [6, 6.07) is 13.8. The number of hydrogen-bond acceptors (Lipinski definition) is 4. The zero-order valence-corrected chi connectivity index (χ0v) is 14.7. The fraction of sp³-hybridized carbons (Fsp3) is 0.316. The average Bonchev–Trinajstić information content (AvgIpc) is 2.61. The smallest absolute Gasteiger partial charge is 0.225 e. The Morgan fingerprint density at radius 2 is 2.16 bits per heavy atom. The molecular formula is C19H21FN2O2S. The monoisotopic (exact) mass is 360 g/mol. The number of anilines is 1. The van der Waals surface area contributed by atoms with E-state index in [0.717, 1.165) is 23.6 Å². The van der Waals surface area contributed by atoms with Crippen LogP contribution in [-0.2, 0) is 11.4 Å². The molecule has 132 valence electrons. The number of nitrogens with one attached hydrogen (secondary N) is 2. The minimum Gasteiger partial charge on any atom is -0.489 e. The summed E-state index contributed by atoms with van der Waals surface area (Å²) in [5.74, 6) is 2.40. The van der Waals surface area contributed by atoms with Crippen LogP contribution in [0.2, 0.25) is 0 Å². The van der Waals surface area contributed by atoms with Crippen LogP contribution in [0.3, 0.4) is 0 Å². The molecule has 25 heavy (non-hydrogen) atoms. The van der Waals surface area contributed by atoms with Crippen molar-refractivity contribution in [3.8, 4) is 5.75 Å². The van der Waals surface area contributed by atoms with Crippen LogP contribution in [0.15, 0.2) is 48.5 Å². The molecule has 6 heteroatoms. The second kappa shape index (κ2) is 8.87. The maximum absolute atomic E-state index is 13.2. The number of rotatable bonds is 6. The van der Waals surface area contributed by atoms with E-state index in [2.05, 4.69) is 10.6 Å². The lowest BCUT2D eigenvalue weighted by Gasteiger charge is -2.22. The van der Waals surface area contributed by atoms with Gasteiger partial charge in [-0.3, -0.25) is 4.79 Å². The van der Waals surface area contributed by atoms with Crippen LogP contribution in [0.25, 0.3) is 0 Å². The number of thioether (sulfide) groups is 1. The Kier molecular flexibility index (Phi) is 6.30. The van der Waals surface area contributed by atoms with Gasteiger partial charge in [-0.15, -0.1) is 0 Å². The van der Waals surface area contributed by atoms with Gasteiger partial charge in [-0.05, 0) is 29.8 Å². The van der Waals surface area contributed by atoms with E-state index in [0.29, 0.717) is 17.9 Å². The Labute approximate surface area is 151 Å². The van der Waals surface area contributed by atoms with Crippen molar-refractivity contribution in [1.82, 2.24) is 5.32 Å². The summed E-state index contributed by atoms with van der Waals surface area (Å²) in [7, 11) is 0. The van der Waals surface area contributed by atoms with E-state index >= 15 is 0 Å². The number of halogens is 1. The number of ether oxygens (including phenoxy) is 1. The van der Waals surface area contributed by atoms with E-state index in [1.165, 1.54) is 12.1 Å². The van der Waals surface area contributed by atoms with Crippen molar-refractivity contribution < 1.29 is 13.9 Å². The molecule has 2 aromatic rings. The average molecular weight is 360 g/mol. The van der Waals surface area contributed by atoms with Gasteiger partial charge in [0.25, 0.3) is 0 Å². The van der Waals surface area contributed by atoms with Crippen LogP contribution < -0.4 is 15.4 Å². The molecule has 2 aromatic carbocycles. The predicted molar refractivity (Wildman–Crippen MR) is 99.5 cm³/mol. The van der Waals surface area contributed by atoms with Gasteiger partial charge in [0, 0.05) is 42.3 Å². The summed E-state index contributed by atoms with van der Waals surface area (Å²) >= 11 is 1.87. The molecule has 1 heterocycles. The van der Waals surface area contributed by atoms with Crippen molar-refractivity contribution in [3.05, 3.63) is 59.9 Å². The third-order valence-corrected chi connectivity index (χ3v) is 4.97. The number of benzene rings is 2. The first-order chi connectivity index (χ1) is 12.2. The molecule has 1 fully saturated rings. The molecule has 1 aliphatic heterocycles. The normalized spacial score (nSPS) is 17.1. The van der Waals surface area contributed by atoms with Crippen LogP contribution in [0.1, 0.15) is 12.0 Å². The Morgan fingerprint density at radius 1 is 1.28 bits per heavy atom. The van der Waals surface area contributed by atoms with Crippen LogP contribution >= 0.6 is 11.8 Å². The highest BCUT2D eigenvalue weighted by Crippen LogP contribution is 2.19. The lowest BCUT2D eigenvalue weighted by molar-refractivity contribution is -0.116. The van der Waals surface area contributed by atoms with E-state index in [-0.39, 0.29) is 24.4 Å². The highest BCUT2D eigenvalue weighted by atomic mass is 32.2. The molecule has 1 saturated heterocycles. The molecule has 0 saturated carbocycles. The molecule has 0 bridgehead atoms. The van der Waals surface area contributed by atoms with Crippen LogP contribution in [0, 0.1) is 5.82 Å². The lowest BCUT2D eigenvalue weighted by atomic mass is 10.2. The van der Waals surface area contributed by atoms with E-state index < -0.39 is 0 Å². The first-order valence-corrected chi connectivity index (χ1v) is 9.43. The molecular weight excluding hydrogens is 339 g/mol. The van der Waals surface area contributed by atoms with Crippen molar-refractivity contribution in [1.29, 1.82) is 0 Å². The van der Waals surface area contributed by atoms with Gasteiger partial charge in [-0.2, -0.15) is 11.8 Å².